The second-order valence-electron chi connectivity index (χ2n) is 23.1. The van der Waals surface area contributed by atoms with Gasteiger partial charge in [-0.15, -0.1) is 11.3 Å². The zero-order valence-electron chi connectivity index (χ0n) is 43.6. The summed E-state index contributed by atoms with van der Waals surface area (Å²) in [6.45, 7) is 20.6. The molecule has 0 aliphatic carbocycles. The summed E-state index contributed by atoms with van der Waals surface area (Å²) in [5, 5.41) is 13.2. The zero-order valence-corrected chi connectivity index (χ0v) is 44.4. The summed E-state index contributed by atoms with van der Waals surface area (Å²) in [5.41, 5.74) is 18.4. The van der Waals surface area contributed by atoms with E-state index in [9.17, 15) is 0 Å². The number of nitrogens with zero attached hydrogens (tertiary/aromatic N) is 2. The van der Waals surface area contributed by atoms with Crippen LogP contribution < -0.4 is 4.90 Å². The first kappa shape index (κ1) is 45.4. The molecule has 1 unspecified atom stereocenters. The summed E-state index contributed by atoms with van der Waals surface area (Å²) in [7, 11) is 0. The van der Waals surface area contributed by atoms with E-state index in [1.807, 2.05) is 11.3 Å². The van der Waals surface area contributed by atoms with Crippen LogP contribution in [-0.2, 0) is 17.3 Å². The molecule has 0 N–H and O–H groups in total. The largest absolute Gasteiger partial charge is 0.310 e. The van der Waals surface area contributed by atoms with Crippen molar-refractivity contribution in [2.45, 2.75) is 91.9 Å². The number of fused-ring (bicyclic) bond motifs is 12. The van der Waals surface area contributed by atoms with E-state index in [0.717, 1.165) is 18.5 Å². The van der Waals surface area contributed by atoms with Crippen molar-refractivity contribution in [2.75, 3.05) is 4.90 Å². The molecular weight excluding hydrogens is 901 g/mol. The van der Waals surface area contributed by atoms with Crippen molar-refractivity contribution in [3.8, 4) is 0 Å². The highest BCUT2D eigenvalue weighted by Crippen LogP contribution is 2.49. The molecule has 0 amide bonds. The fraction of sp³-hybridized carbons (Fsp3) is 0.200. The van der Waals surface area contributed by atoms with Crippen LogP contribution in [0.3, 0.4) is 0 Å². The van der Waals surface area contributed by atoms with Gasteiger partial charge in [0.1, 0.15) is 0 Å². The summed E-state index contributed by atoms with van der Waals surface area (Å²) in [4.78, 5) is 2.48. The van der Waals surface area contributed by atoms with Gasteiger partial charge >= 0.3 is 0 Å². The van der Waals surface area contributed by atoms with Gasteiger partial charge in [-0.2, -0.15) is 0 Å². The number of hydrogen-bond donors (Lipinski definition) is 0. The fourth-order valence-electron chi connectivity index (χ4n) is 12.3. The minimum absolute atomic E-state index is 0.0260. The predicted molar refractivity (Wildman–Crippen MR) is 318 cm³/mol. The third-order valence-electron chi connectivity index (χ3n) is 16.3. The van der Waals surface area contributed by atoms with Crippen LogP contribution in [0.15, 0.2) is 182 Å². The molecule has 2 nitrogen and oxygen atoms in total. The van der Waals surface area contributed by atoms with E-state index in [-0.39, 0.29) is 10.8 Å². The van der Waals surface area contributed by atoms with Crippen LogP contribution in [0.1, 0.15) is 98.4 Å². The van der Waals surface area contributed by atoms with Gasteiger partial charge in [0, 0.05) is 64.4 Å². The van der Waals surface area contributed by atoms with Crippen LogP contribution in [-0.4, -0.2) is 4.40 Å². The minimum Gasteiger partial charge on any atom is -0.310 e. The number of benzene rings is 10. The lowest BCUT2D eigenvalue weighted by atomic mass is 9.83. The van der Waals surface area contributed by atoms with Crippen LogP contribution in [0.25, 0.3) is 79.8 Å². The molecule has 3 heterocycles. The Morgan fingerprint density at radius 2 is 1.15 bits per heavy atom. The Balaban J connectivity index is 0.996. The normalized spacial score (nSPS) is 13.1. The van der Waals surface area contributed by atoms with Crippen molar-refractivity contribution in [3.05, 3.63) is 226 Å². The maximum absolute atomic E-state index is 2.60. The summed E-state index contributed by atoms with van der Waals surface area (Å²) < 4.78 is 5.22. The Hall–Kier alpha value is -7.46. The van der Waals surface area contributed by atoms with Gasteiger partial charge in [0.25, 0.3) is 0 Å². The van der Waals surface area contributed by atoms with Gasteiger partial charge in [-0.25, -0.2) is 0 Å². The summed E-state index contributed by atoms with van der Waals surface area (Å²) in [6, 6.07) is 69.9. The van der Waals surface area contributed by atoms with Crippen molar-refractivity contribution in [3.63, 3.8) is 0 Å². The van der Waals surface area contributed by atoms with Crippen molar-refractivity contribution in [1.29, 1.82) is 0 Å². The standard InChI is InChI=1S/C70H62N2S/c1-42-22-24-45(25-23-42)53(52-18-12-10-16-43(52)2)33-26-46-27-34-56-57-36-47-37-59-64(39-48(47)38-62(57)72-61-35-30-50(70(7,8)9)40-58(61)66(46)68(56)72)73-65-41-63(54-19-13-14-20-55(54)67(59)65)71(60-21-15-11-17-44(60)3)51-31-28-49(29-32-51)69(4,5)6/h10-25,27-32,34-41,53H,26,33H2,1-9H3. The van der Waals surface area contributed by atoms with Crippen molar-refractivity contribution in [2.24, 2.45) is 0 Å². The number of rotatable bonds is 8. The monoisotopic (exact) mass is 962 g/mol. The van der Waals surface area contributed by atoms with Gasteiger partial charge < -0.3 is 9.30 Å². The van der Waals surface area contributed by atoms with E-state index in [1.165, 1.54) is 136 Å². The average Bonchev–Trinajstić information content (AvgIpc) is 4.04. The van der Waals surface area contributed by atoms with Gasteiger partial charge in [0.05, 0.1) is 22.2 Å². The van der Waals surface area contributed by atoms with E-state index < -0.39 is 0 Å². The number of anilines is 3. The van der Waals surface area contributed by atoms with Gasteiger partial charge in [0.15, 0.2) is 0 Å². The zero-order chi connectivity index (χ0) is 50.1. The molecule has 3 aromatic heterocycles. The lowest BCUT2D eigenvalue weighted by Crippen LogP contribution is -2.14. The first-order valence-electron chi connectivity index (χ1n) is 26.2. The van der Waals surface area contributed by atoms with Gasteiger partial charge in [-0.1, -0.05) is 168 Å². The van der Waals surface area contributed by atoms with E-state index in [0.29, 0.717) is 5.92 Å². The molecular formula is C70H62N2S. The minimum atomic E-state index is 0.0260. The highest BCUT2D eigenvalue weighted by molar-refractivity contribution is 7.26. The Labute approximate surface area is 433 Å². The van der Waals surface area contributed by atoms with Crippen LogP contribution >= 0.6 is 11.3 Å². The van der Waals surface area contributed by atoms with Crippen LogP contribution in [0.2, 0.25) is 0 Å². The first-order valence-corrected chi connectivity index (χ1v) is 27.1. The van der Waals surface area contributed by atoms with Gasteiger partial charge in [-0.05, 0) is 160 Å². The Morgan fingerprint density at radius 1 is 0.479 bits per heavy atom. The second-order valence-corrected chi connectivity index (χ2v) is 24.2. The van der Waals surface area contributed by atoms with Gasteiger partial charge in [-0.3, -0.25) is 0 Å². The third-order valence-corrected chi connectivity index (χ3v) is 17.4. The maximum Gasteiger partial charge on any atom is 0.0623 e. The molecule has 0 bridgehead atoms. The summed E-state index contributed by atoms with van der Waals surface area (Å²) in [6.07, 6.45) is 2.01. The molecule has 0 fully saturated rings. The molecule has 1 atom stereocenters. The van der Waals surface area contributed by atoms with Crippen LogP contribution in [0.4, 0.5) is 17.1 Å². The molecule has 73 heavy (non-hydrogen) atoms. The lowest BCUT2D eigenvalue weighted by molar-refractivity contribution is 0.590. The smallest absolute Gasteiger partial charge is 0.0623 e. The third kappa shape index (κ3) is 7.41. The molecule has 10 aromatic carbocycles. The molecule has 13 rings (SSSR count). The topological polar surface area (TPSA) is 7.65 Å². The Bertz CT molecular complexity index is 4300. The number of thiophene rings is 1. The first-order chi connectivity index (χ1) is 35.2. The Kier molecular flexibility index (Phi) is 10.4. The lowest BCUT2D eigenvalue weighted by Gasteiger charge is -2.29. The molecule has 0 aliphatic heterocycles. The summed E-state index contributed by atoms with van der Waals surface area (Å²) >= 11 is 1.92. The van der Waals surface area contributed by atoms with Crippen molar-refractivity contribution < 1.29 is 0 Å². The number of aromatic nitrogens is 1. The highest BCUT2D eigenvalue weighted by atomic mass is 32.1. The Morgan fingerprint density at radius 3 is 1.89 bits per heavy atom. The number of aryl methyl sites for hydroxylation is 4. The SMILES string of the molecule is Cc1ccc(C(CCc2ccc3c4cc5cc6c(cc5cc4n4c5ccc(C(C)(C)C)cc5c2c34)sc2cc(N(c3ccc(C(C)(C)C)cc3)c3ccccc3C)c3ccccc3c26)c2ccccc2C)cc1. The average molecular weight is 963 g/mol. The van der Waals surface area contributed by atoms with E-state index in [2.05, 4.69) is 254 Å². The van der Waals surface area contributed by atoms with E-state index >= 15 is 0 Å². The number of para-hydroxylation sites is 1. The van der Waals surface area contributed by atoms with E-state index in [1.54, 1.807) is 0 Å². The maximum atomic E-state index is 2.60. The van der Waals surface area contributed by atoms with Crippen LogP contribution in [0.5, 0.6) is 0 Å². The quantitative estimate of drug-likeness (QED) is 0.147. The number of hydrogen-bond acceptors (Lipinski definition) is 2. The molecule has 0 saturated carbocycles. The molecule has 0 spiro atoms. The molecule has 0 aliphatic rings. The molecule has 0 saturated heterocycles. The molecule has 358 valence electrons. The fourth-order valence-corrected chi connectivity index (χ4v) is 13.4. The van der Waals surface area contributed by atoms with Gasteiger partial charge in [0.2, 0.25) is 0 Å². The van der Waals surface area contributed by atoms with E-state index in [4.69, 9.17) is 0 Å². The highest BCUT2D eigenvalue weighted by Gasteiger charge is 2.26. The molecule has 0 radical (unpaired) electrons. The van der Waals surface area contributed by atoms with Crippen molar-refractivity contribution >= 4 is 108 Å². The predicted octanol–water partition coefficient (Wildman–Crippen LogP) is 20.3. The van der Waals surface area contributed by atoms with Crippen molar-refractivity contribution in [1.82, 2.24) is 4.40 Å². The molecule has 3 heteroatoms. The molecule has 13 aromatic rings. The van der Waals surface area contributed by atoms with Crippen LogP contribution in [0, 0.1) is 20.8 Å². The summed E-state index contributed by atoms with van der Waals surface area (Å²) in [5.74, 6) is 0.300. The second kappa shape index (κ2) is 16.8.